The Balaban J connectivity index is 2.09. The zero-order valence-electron chi connectivity index (χ0n) is 11.6. The number of carboxylic acid groups (broad SMARTS) is 1. The van der Waals surface area contributed by atoms with Gasteiger partial charge in [0.05, 0.1) is 0 Å². The van der Waals surface area contributed by atoms with Crippen LogP contribution in [-0.2, 0) is 0 Å². The van der Waals surface area contributed by atoms with Crippen molar-refractivity contribution in [2.75, 3.05) is 18.5 Å². The Morgan fingerprint density at radius 3 is 2.68 bits per heavy atom. The van der Waals surface area contributed by atoms with E-state index in [1.165, 1.54) is 38.2 Å². The van der Waals surface area contributed by atoms with Crippen molar-refractivity contribution in [3.05, 3.63) is 17.5 Å². The van der Waals surface area contributed by atoms with Crippen LogP contribution in [0.3, 0.4) is 0 Å². The van der Waals surface area contributed by atoms with Crippen LogP contribution in [0.25, 0.3) is 0 Å². The molecule has 0 atom stereocenters. The van der Waals surface area contributed by atoms with E-state index in [9.17, 15) is 4.79 Å². The number of aromatic carboxylic acids is 1. The number of anilines is 1. The lowest BCUT2D eigenvalue weighted by Gasteiger charge is -2.27. The Morgan fingerprint density at radius 2 is 2.05 bits per heavy atom. The van der Waals surface area contributed by atoms with Crippen molar-refractivity contribution < 1.29 is 9.90 Å². The molecule has 1 aromatic rings. The number of hydrogen-bond acceptors (Lipinski definition) is 4. The summed E-state index contributed by atoms with van der Waals surface area (Å²) in [6.07, 6.45) is 6.44. The van der Waals surface area contributed by atoms with E-state index < -0.39 is 5.97 Å². The molecule has 1 N–H and O–H groups in total. The highest BCUT2D eigenvalue weighted by Crippen LogP contribution is 2.25. The summed E-state index contributed by atoms with van der Waals surface area (Å²) in [6, 6.07) is 1.50. The van der Waals surface area contributed by atoms with E-state index in [4.69, 9.17) is 5.11 Å². The fraction of sp³-hybridized carbons (Fsp3) is 0.643. The summed E-state index contributed by atoms with van der Waals surface area (Å²) in [5.41, 5.74) is 0.760. The maximum absolute atomic E-state index is 11.0. The number of carboxylic acids is 1. The average molecular weight is 263 g/mol. The minimum atomic E-state index is -1.00. The molecule has 0 radical (unpaired) electrons. The lowest BCUT2D eigenvalue weighted by molar-refractivity contribution is 0.0690. The maximum atomic E-state index is 11.0. The van der Waals surface area contributed by atoms with Crippen LogP contribution in [0.15, 0.2) is 6.07 Å². The highest BCUT2D eigenvalue weighted by Gasteiger charge is 2.18. The summed E-state index contributed by atoms with van der Waals surface area (Å²) in [7, 11) is 1.94. The van der Waals surface area contributed by atoms with Crippen molar-refractivity contribution >= 4 is 11.9 Å². The summed E-state index contributed by atoms with van der Waals surface area (Å²) in [5, 5.41) is 9.03. The summed E-state index contributed by atoms with van der Waals surface area (Å²) in [4.78, 5) is 21.4. The molecular formula is C14H21N3O2. The molecule has 19 heavy (non-hydrogen) atoms. The molecule has 0 aliphatic heterocycles. The molecule has 104 valence electrons. The number of nitrogens with zero attached hydrogens (tertiary/aromatic N) is 3. The predicted octanol–water partition coefficient (Wildman–Crippen LogP) is 2.50. The first-order chi connectivity index (χ1) is 9.06. The predicted molar refractivity (Wildman–Crippen MR) is 73.6 cm³/mol. The Kier molecular flexibility index (Phi) is 4.35. The van der Waals surface area contributed by atoms with Crippen LogP contribution in [0, 0.1) is 12.8 Å². The molecule has 1 aliphatic rings. The van der Waals surface area contributed by atoms with E-state index in [2.05, 4.69) is 9.97 Å². The van der Waals surface area contributed by atoms with Gasteiger partial charge in [-0.05, 0) is 31.7 Å². The SMILES string of the molecule is Cc1cc(C(=O)O)nc(N(C)CC2CCCCC2)n1. The van der Waals surface area contributed by atoms with E-state index >= 15 is 0 Å². The van der Waals surface area contributed by atoms with Gasteiger partial charge in [-0.25, -0.2) is 14.8 Å². The van der Waals surface area contributed by atoms with Crippen LogP contribution >= 0.6 is 0 Å². The van der Waals surface area contributed by atoms with Gasteiger partial charge in [-0.3, -0.25) is 0 Å². The molecule has 0 spiro atoms. The molecule has 1 aromatic heterocycles. The minimum absolute atomic E-state index is 0.0676. The second-order valence-electron chi connectivity index (χ2n) is 5.38. The van der Waals surface area contributed by atoms with Gasteiger partial charge in [-0.15, -0.1) is 0 Å². The van der Waals surface area contributed by atoms with Crippen molar-refractivity contribution in [2.45, 2.75) is 39.0 Å². The molecule has 0 saturated heterocycles. The molecule has 0 amide bonds. The molecule has 0 aromatic carbocycles. The van der Waals surface area contributed by atoms with Gasteiger partial charge in [-0.1, -0.05) is 19.3 Å². The zero-order valence-corrected chi connectivity index (χ0v) is 11.6. The monoisotopic (exact) mass is 263 g/mol. The van der Waals surface area contributed by atoms with Crippen LogP contribution in [0.2, 0.25) is 0 Å². The number of aromatic nitrogens is 2. The third-order valence-electron chi connectivity index (χ3n) is 3.66. The fourth-order valence-electron chi connectivity index (χ4n) is 2.67. The topological polar surface area (TPSA) is 66.3 Å². The lowest BCUT2D eigenvalue weighted by atomic mass is 9.89. The molecule has 1 heterocycles. The fourth-order valence-corrected chi connectivity index (χ4v) is 2.67. The highest BCUT2D eigenvalue weighted by atomic mass is 16.4. The van der Waals surface area contributed by atoms with Gasteiger partial charge in [0.15, 0.2) is 5.69 Å². The summed E-state index contributed by atoms with van der Waals surface area (Å²) in [5.74, 6) is 0.192. The van der Waals surface area contributed by atoms with Crippen molar-refractivity contribution in [2.24, 2.45) is 5.92 Å². The van der Waals surface area contributed by atoms with Crippen LogP contribution < -0.4 is 4.90 Å². The molecule has 5 nitrogen and oxygen atoms in total. The second kappa shape index (κ2) is 5.99. The Labute approximate surface area is 113 Å². The van der Waals surface area contributed by atoms with Crippen LogP contribution in [0.1, 0.15) is 48.3 Å². The zero-order chi connectivity index (χ0) is 13.8. The first kappa shape index (κ1) is 13.8. The van der Waals surface area contributed by atoms with Crippen LogP contribution in [0.4, 0.5) is 5.95 Å². The number of hydrogen-bond donors (Lipinski definition) is 1. The molecule has 0 bridgehead atoms. The van der Waals surface area contributed by atoms with E-state index in [0.29, 0.717) is 17.6 Å². The number of rotatable bonds is 4. The second-order valence-corrected chi connectivity index (χ2v) is 5.38. The third kappa shape index (κ3) is 3.66. The smallest absolute Gasteiger partial charge is 0.354 e. The highest BCUT2D eigenvalue weighted by molar-refractivity contribution is 5.85. The number of aryl methyl sites for hydroxylation is 1. The molecule has 1 aliphatic carbocycles. The first-order valence-corrected chi connectivity index (χ1v) is 6.86. The van der Waals surface area contributed by atoms with Crippen molar-refractivity contribution in [1.29, 1.82) is 0 Å². The summed E-state index contributed by atoms with van der Waals surface area (Å²) >= 11 is 0. The van der Waals surface area contributed by atoms with Gasteiger partial charge in [0.1, 0.15) is 0 Å². The molecule has 1 fully saturated rings. The lowest BCUT2D eigenvalue weighted by Crippen LogP contribution is -2.28. The van der Waals surface area contributed by atoms with Crippen LogP contribution in [-0.4, -0.2) is 34.6 Å². The van der Waals surface area contributed by atoms with Crippen LogP contribution in [0.5, 0.6) is 0 Å². The number of carbonyl (C=O) groups is 1. The van der Waals surface area contributed by atoms with E-state index in [1.54, 1.807) is 6.92 Å². The van der Waals surface area contributed by atoms with Gasteiger partial charge in [-0.2, -0.15) is 0 Å². The van der Waals surface area contributed by atoms with Crippen molar-refractivity contribution in [3.8, 4) is 0 Å². The maximum Gasteiger partial charge on any atom is 0.354 e. The molecular weight excluding hydrogens is 242 g/mol. The van der Waals surface area contributed by atoms with Gasteiger partial charge in [0.25, 0.3) is 0 Å². The van der Waals surface area contributed by atoms with Gasteiger partial charge in [0.2, 0.25) is 5.95 Å². The summed E-state index contributed by atoms with van der Waals surface area (Å²) in [6.45, 7) is 2.70. The summed E-state index contributed by atoms with van der Waals surface area (Å²) < 4.78 is 0. The minimum Gasteiger partial charge on any atom is -0.477 e. The van der Waals surface area contributed by atoms with Crippen molar-refractivity contribution in [3.63, 3.8) is 0 Å². The standard InChI is InChI=1S/C14H21N3O2/c1-10-8-12(13(18)19)16-14(15-10)17(2)9-11-6-4-3-5-7-11/h8,11H,3-7,9H2,1-2H3,(H,18,19). The normalized spacial score (nSPS) is 16.3. The van der Waals surface area contributed by atoms with E-state index in [-0.39, 0.29) is 5.69 Å². The van der Waals surface area contributed by atoms with Gasteiger partial charge >= 0.3 is 5.97 Å². The largest absolute Gasteiger partial charge is 0.477 e. The van der Waals surface area contributed by atoms with Crippen molar-refractivity contribution in [1.82, 2.24) is 9.97 Å². The van der Waals surface area contributed by atoms with E-state index in [1.807, 2.05) is 11.9 Å². The molecule has 0 unspecified atom stereocenters. The average Bonchev–Trinajstić information content (AvgIpc) is 2.39. The molecule has 5 heteroatoms. The first-order valence-electron chi connectivity index (χ1n) is 6.86. The Hall–Kier alpha value is -1.65. The van der Waals surface area contributed by atoms with Gasteiger partial charge in [0, 0.05) is 19.3 Å². The molecule has 1 saturated carbocycles. The third-order valence-corrected chi connectivity index (χ3v) is 3.66. The van der Waals surface area contributed by atoms with E-state index in [0.717, 1.165) is 6.54 Å². The Morgan fingerprint density at radius 1 is 1.37 bits per heavy atom. The Bertz CT molecular complexity index is 456. The van der Waals surface area contributed by atoms with Gasteiger partial charge < -0.3 is 10.0 Å². The molecule has 2 rings (SSSR count). The quantitative estimate of drug-likeness (QED) is 0.904.